The maximum Gasteiger partial charge on any atom is 0.261 e. The van der Waals surface area contributed by atoms with Gasteiger partial charge in [0.05, 0.1) is 41.5 Å². The first-order valence-corrected chi connectivity index (χ1v) is 11.3. The van der Waals surface area contributed by atoms with Crippen LogP contribution in [0.15, 0.2) is 41.5 Å². The van der Waals surface area contributed by atoms with Gasteiger partial charge in [-0.05, 0) is 24.3 Å². The highest BCUT2D eigenvalue weighted by Crippen LogP contribution is 2.30. The molecule has 8 nitrogen and oxygen atoms in total. The second-order valence-corrected chi connectivity index (χ2v) is 8.50. The van der Waals surface area contributed by atoms with Crippen molar-refractivity contribution in [2.45, 2.75) is 13.0 Å². The third-order valence-electron chi connectivity index (χ3n) is 5.80. The summed E-state index contributed by atoms with van der Waals surface area (Å²) < 4.78 is 12.0. The summed E-state index contributed by atoms with van der Waals surface area (Å²) in [5.41, 5.74) is 1.27. The van der Waals surface area contributed by atoms with Crippen molar-refractivity contribution >= 4 is 45.7 Å². The number of amides is 1. The van der Waals surface area contributed by atoms with Gasteiger partial charge in [-0.2, -0.15) is 0 Å². The molecule has 1 fully saturated rings. The number of anilines is 1. The number of halogens is 2. The Morgan fingerprint density at radius 2 is 1.70 bits per heavy atom. The monoisotopic (exact) mass is 490 g/mol. The van der Waals surface area contributed by atoms with Gasteiger partial charge in [0.2, 0.25) is 5.91 Å². The molecule has 0 unspecified atom stereocenters. The van der Waals surface area contributed by atoms with Crippen molar-refractivity contribution in [2.24, 2.45) is 0 Å². The third kappa shape index (κ3) is 4.86. The number of hydrogen-bond acceptors (Lipinski definition) is 6. The Hall–Kier alpha value is -2.97. The smallest absolute Gasteiger partial charge is 0.261 e. The fourth-order valence-electron chi connectivity index (χ4n) is 3.91. The highest BCUT2D eigenvalue weighted by molar-refractivity contribution is 6.42. The molecule has 0 N–H and O–H groups in total. The van der Waals surface area contributed by atoms with Crippen LogP contribution in [0.2, 0.25) is 10.0 Å². The Labute approximate surface area is 201 Å². The van der Waals surface area contributed by atoms with E-state index in [2.05, 4.69) is 9.88 Å². The van der Waals surface area contributed by atoms with Crippen molar-refractivity contribution in [3.05, 3.63) is 57.1 Å². The zero-order valence-electron chi connectivity index (χ0n) is 18.4. The highest BCUT2D eigenvalue weighted by atomic mass is 35.5. The van der Waals surface area contributed by atoms with E-state index >= 15 is 0 Å². The van der Waals surface area contributed by atoms with Crippen LogP contribution < -0.4 is 19.9 Å². The van der Waals surface area contributed by atoms with Crippen molar-refractivity contribution in [3.63, 3.8) is 0 Å². The number of rotatable bonds is 6. The average Bonchev–Trinajstić information content (AvgIpc) is 2.84. The molecule has 0 bridgehead atoms. The van der Waals surface area contributed by atoms with E-state index < -0.39 is 0 Å². The first kappa shape index (κ1) is 23.2. The van der Waals surface area contributed by atoms with Crippen LogP contribution in [0.1, 0.15) is 6.42 Å². The predicted molar refractivity (Wildman–Crippen MR) is 129 cm³/mol. The van der Waals surface area contributed by atoms with Crippen molar-refractivity contribution < 1.29 is 14.3 Å². The molecular formula is C23H24Cl2N4O4. The number of methoxy groups -OCH3 is 2. The van der Waals surface area contributed by atoms with E-state index in [4.69, 9.17) is 32.7 Å². The van der Waals surface area contributed by atoms with Gasteiger partial charge in [-0.1, -0.05) is 23.2 Å². The lowest BCUT2D eigenvalue weighted by atomic mass is 10.2. The Kier molecular flexibility index (Phi) is 6.95. The van der Waals surface area contributed by atoms with Crippen LogP contribution >= 0.6 is 23.2 Å². The lowest BCUT2D eigenvalue weighted by molar-refractivity contribution is -0.131. The zero-order valence-corrected chi connectivity index (χ0v) is 19.9. The molecule has 10 heteroatoms. The number of carbonyl (C=O) groups excluding carboxylic acids is 1. The van der Waals surface area contributed by atoms with Crippen LogP contribution in [0.3, 0.4) is 0 Å². The third-order valence-corrected chi connectivity index (χ3v) is 6.54. The maximum absolute atomic E-state index is 12.9. The van der Waals surface area contributed by atoms with Gasteiger partial charge >= 0.3 is 0 Å². The molecule has 3 aromatic rings. The number of nitrogens with zero attached hydrogens (tertiary/aromatic N) is 4. The molecule has 0 radical (unpaired) electrons. The molecule has 2 aromatic carbocycles. The molecule has 0 saturated carbocycles. The number of aryl methyl sites for hydroxylation is 1. The standard InChI is InChI=1S/C23H24Cl2N4O4/c1-32-20-12-16-19(13-21(20)33-2)26-14-29(23(16)31)6-5-22(30)28-9-7-27(8-10-28)15-3-4-17(24)18(25)11-15/h3-4,11-14H,5-10H2,1-2H3. The molecule has 1 saturated heterocycles. The van der Waals surface area contributed by atoms with Gasteiger partial charge < -0.3 is 19.3 Å². The Balaban J connectivity index is 1.39. The van der Waals surface area contributed by atoms with Crippen molar-refractivity contribution in [2.75, 3.05) is 45.3 Å². The number of ether oxygens (including phenoxy) is 2. The summed E-state index contributed by atoms with van der Waals surface area (Å²) in [5, 5.41) is 1.45. The first-order valence-electron chi connectivity index (χ1n) is 10.5. The molecule has 33 heavy (non-hydrogen) atoms. The van der Waals surface area contributed by atoms with Crippen LogP contribution in [0, 0.1) is 0 Å². The fourth-order valence-corrected chi connectivity index (χ4v) is 4.21. The summed E-state index contributed by atoms with van der Waals surface area (Å²) >= 11 is 12.1. The lowest BCUT2D eigenvalue weighted by Gasteiger charge is -2.36. The number of carbonyl (C=O) groups is 1. The van der Waals surface area contributed by atoms with Crippen LogP contribution in [-0.2, 0) is 11.3 Å². The predicted octanol–water partition coefficient (Wildman–Crippen LogP) is 3.46. The number of benzene rings is 2. The quantitative estimate of drug-likeness (QED) is 0.526. The van der Waals surface area contributed by atoms with Gasteiger partial charge in [0.1, 0.15) is 0 Å². The van der Waals surface area contributed by atoms with Crippen LogP contribution in [-0.4, -0.2) is 60.8 Å². The Bertz CT molecular complexity index is 1240. The molecule has 1 aromatic heterocycles. The molecule has 1 aliphatic heterocycles. The van der Waals surface area contributed by atoms with E-state index in [0.717, 1.165) is 5.69 Å². The van der Waals surface area contributed by atoms with Crippen molar-refractivity contribution in [3.8, 4) is 11.5 Å². The zero-order chi connectivity index (χ0) is 23.5. The van der Waals surface area contributed by atoms with Crippen LogP contribution in [0.4, 0.5) is 5.69 Å². The topological polar surface area (TPSA) is 76.9 Å². The van der Waals surface area contributed by atoms with Gasteiger partial charge in [-0.3, -0.25) is 14.2 Å². The SMILES string of the molecule is COc1cc2ncn(CCC(=O)N3CCN(c4ccc(Cl)c(Cl)c4)CC3)c(=O)c2cc1OC. The largest absolute Gasteiger partial charge is 0.493 e. The van der Waals surface area contributed by atoms with Gasteiger partial charge in [0.15, 0.2) is 11.5 Å². The summed E-state index contributed by atoms with van der Waals surface area (Å²) in [5.74, 6) is 0.963. The fraction of sp³-hybridized carbons (Fsp3) is 0.348. The first-order chi connectivity index (χ1) is 15.9. The summed E-state index contributed by atoms with van der Waals surface area (Å²) in [7, 11) is 3.04. The molecular weight excluding hydrogens is 467 g/mol. The summed E-state index contributed by atoms with van der Waals surface area (Å²) in [4.78, 5) is 34.0. The van der Waals surface area contributed by atoms with Crippen LogP contribution in [0.5, 0.6) is 11.5 Å². The number of fused-ring (bicyclic) bond motifs is 1. The lowest BCUT2D eigenvalue weighted by Crippen LogP contribution is -2.49. The minimum absolute atomic E-state index is 0.00287. The molecule has 2 heterocycles. The summed E-state index contributed by atoms with van der Waals surface area (Å²) in [6.07, 6.45) is 1.68. The molecule has 0 atom stereocenters. The molecule has 1 aliphatic rings. The van der Waals surface area contributed by atoms with Gasteiger partial charge in [0.25, 0.3) is 5.56 Å². The normalized spacial score (nSPS) is 13.9. The van der Waals surface area contributed by atoms with E-state index in [1.54, 1.807) is 18.2 Å². The number of hydrogen-bond donors (Lipinski definition) is 0. The van der Waals surface area contributed by atoms with E-state index in [-0.39, 0.29) is 24.4 Å². The Morgan fingerprint density at radius 3 is 2.36 bits per heavy atom. The average molecular weight is 491 g/mol. The molecule has 0 aliphatic carbocycles. The maximum atomic E-state index is 12.9. The van der Waals surface area contributed by atoms with Crippen molar-refractivity contribution in [1.82, 2.24) is 14.5 Å². The van der Waals surface area contributed by atoms with E-state index in [9.17, 15) is 9.59 Å². The van der Waals surface area contributed by atoms with E-state index in [1.165, 1.54) is 25.1 Å². The molecule has 0 spiro atoms. The van der Waals surface area contributed by atoms with E-state index in [1.807, 2.05) is 17.0 Å². The number of aromatic nitrogens is 2. The minimum Gasteiger partial charge on any atom is -0.493 e. The second kappa shape index (κ2) is 9.89. The summed E-state index contributed by atoms with van der Waals surface area (Å²) in [6.45, 7) is 2.84. The Morgan fingerprint density at radius 1 is 1.00 bits per heavy atom. The van der Waals surface area contributed by atoms with Gasteiger partial charge in [-0.25, -0.2) is 4.98 Å². The summed E-state index contributed by atoms with van der Waals surface area (Å²) in [6, 6.07) is 8.82. The number of piperazine rings is 1. The molecule has 4 rings (SSSR count). The van der Waals surface area contributed by atoms with Crippen molar-refractivity contribution in [1.29, 1.82) is 0 Å². The van der Waals surface area contributed by atoms with Gasteiger partial charge in [0, 0.05) is 50.9 Å². The van der Waals surface area contributed by atoms with E-state index in [0.29, 0.717) is 58.6 Å². The molecule has 174 valence electrons. The van der Waals surface area contributed by atoms with Crippen LogP contribution in [0.25, 0.3) is 10.9 Å². The molecule has 1 amide bonds. The minimum atomic E-state index is -0.224. The van der Waals surface area contributed by atoms with Gasteiger partial charge in [-0.15, -0.1) is 0 Å². The second-order valence-electron chi connectivity index (χ2n) is 7.68. The highest BCUT2D eigenvalue weighted by Gasteiger charge is 2.22.